The highest BCUT2D eigenvalue weighted by atomic mass is 19.1. The van der Waals surface area contributed by atoms with E-state index in [9.17, 15) is 14.0 Å². The molecule has 1 aromatic carbocycles. The summed E-state index contributed by atoms with van der Waals surface area (Å²) in [6, 6.07) is 5.13. The van der Waals surface area contributed by atoms with E-state index < -0.39 is 17.8 Å². The van der Waals surface area contributed by atoms with Crippen LogP contribution in [0.25, 0.3) is 5.57 Å². The van der Waals surface area contributed by atoms with Gasteiger partial charge in [-0.25, -0.2) is 14.0 Å². The van der Waals surface area contributed by atoms with E-state index in [1.54, 1.807) is 0 Å². The van der Waals surface area contributed by atoms with Crippen molar-refractivity contribution in [2.24, 2.45) is 0 Å². The standard InChI is InChI=1S/C11H7FO4/c1-15-9-8(10(13)16-11(9)14)6-2-4-7(12)5-3-6/h2-5H,1H3. The molecule has 0 fully saturated rings. The topological polar surface area (TPSA) is 52.6 Å². The number of halogens is 1. The lowest BCUT2D eigenvalue weighted by Crippen LogP contribution is -2.02. The molecule has 0 bridgehead atoms. The molecule has 0 radical (unpaired) electrons. The van der Waals surface area contributed by atoms with Gasteiger partial charge in [-0.15, -0.1) is 0 Å². The lowest BCUT2D eigenvalue weighted by Gasteiger charge is -2.00. The first-order valence-electron chi connectivity index (χ1n) is 4.44. The van der Waals surface area contributed by atoms with Crippen molar-refractivity contribution in [1.29, 1.82) is 0 Å². The van der Waals surface area contributed by atoms with Gasteiger partial charge in [-0.1, -0.05) is 12.1 Å². The Balaban J connectivity index is 2.53. The van der Waals surface area contributed by atoms with Gasteiger partial charge in [0.1, 0.15) is 11.4 Å². The van der Waals surface area contributed by atoms with Crippen molar-refractivity contribution in [3.8, 4) is 0 Å². The van der Waals surface area contributed by atoms with Crippen LogP contribution >= 0.6 is 0 Å². The second-order valence-electron chi connectivity index (χ2n) is 3.09. The number of hydrogen-bond acceptors (Lipinski definition) is 4. The predicted octanol–water partition coefficient (Wildman–Crippen LogP) is 1.27. The molecule has 0 amide bonds. The second kappa shape index (κ2) is 3.77. The van der Waals surface area contributed by atoms with Crippen LogP contribution in [0.4, 0.5) is 4.39 Å². The first kappa shape index (κ1) is 10.4. The third-order valence-electron chi connectivity index (χ3n) is 2.14. The third kappa shape index (κ3) is 1.56. The molecule has 1 aliphatic rings. The maximum Gasteiger partial charge on any atom is 0.382 e. The van der Waals surface area contributed by atoms with Crippen LogP contribution in [-0.2, 0) is 19.1 Å². The van der Waals surface area contributed by atoms with E-state index in [-0.39, 0.29) is 11.3 Å². The maximum atomic E-state index is 12.7. The van der Waals surface area contributed by atoms with E-state index in [4.69, 9.17) is 4.74 Å². The molecule has 0 saturated heterocycles. The molecule has 0 spiro atoms. The van der Waals surface area contributed by atoms with Crippen LogP contribution in [0.1, 0.15) is 5.56 Å². The molecule has 0 aliphatic carbocycles. The molecule has 82 valence electrons. The van der Waals surface area contributed by atoms with Crippen LogP contribution in [0.3, 0.4) is 0 Å². The highest BCUT2D eigenvalue weighted by molar-refractivity contribution is 6.30. The molecule has 0 saturated carbocycles. The van der Waals surface area contributed by atoms with Gasteiger partial charge in [0.2, 0.25) is 5.76 Å². The number of ether oxygens (including phenoxy) is 2. The van der Waals surface area contributed by atoms with E-state index in [1.165, 1.54) is 31.4 Å². The zero-order valence-corrected chi connectivity index (χ0v) is 8.32. The van der Waals surface area contributed by atoms with Gasteiger partial charge in [-0.2, -0.15) is 0 Å². The molecule has 1 aliphatic heterocycles. The minimum Gasteiger partial charge on any atom is -0.489 e. The Morgan fingerprint density at radius 2 is 1.75 bits per heavy atom. The summed E-state index contributed by atoms with van der Waals surface area (Å²) in [5.74, 6) is -2.20. The predicted molar refractivity (Wildman–Crippen MR) is 51.4 cm³/mol. The average molecular weight is 222 g/mol. The minimum absolute atomic E-state index is 0.0208. The largest absolute Gasteiger partial charge is 0.489 e. The Morgan fingerprint density at radius 3 is 2.31 bits per heavy atom. The molecule has 1 aromatic rings. The molecule has 5 heteroatoms. The van der Waals surface area contributed by atoms with Crippen molar-refractivity contribution >= 4 is 17.5 Å². The molecular weight excluding hydrogens is 215 g/mol. The smallest absolute Gasteiger partial charge is 0.382 e. The van der Waals surface area contributed by atoms with E-state index in [0.29, 0.717) is 5.56 Å². The van der Waals surface area contributed by atoms with E-state index >= 15 is 0 Å². The molecule has 0 aromatic heterocycles. The van der Waals surface area contributed by atoms with Gasteiger partial charge in [0.05, 0.1) is 7.11 Å². The van der Waals surface area contributed by atoms with Crippen molar-refractivity contribution in [3.63, 3.8) is 0 Å². The summed E-state index contributed by atoms with van der Waals surface area (Å²) in [6.07, 6.45) is 0. The summed E-state index contributed by atoms with van der Waals surface area (Å²) in [7, 11) is 1.26. The summed E-state index contributed by atoms with van der Waals surface area (Å²) < 4.78 is 21.9. The van der Waals surface area contributed by atoms with Crippen molar-refractivity contribution < 1.29 is 23.5 Å². The minimum atomic E-state index is -0.827. The highest BCUT2D eigenvalue weighted by Crippen LogP contribution is 2.27. The van der Waals surface area contributed by atoms with E-state index in [1.807, 2.05) is 0 Å². The van der Waals surface area contributed by atoms with Gasteiger partial charge in [-0.3, -0.25) is 0 Å². The summed E-state index contributed by atoms with van der Waals surface area (Å²) in [4.78, 5) is 22.5. The lowest BCUT2D eigenvalue weighted by atomic mass is 10.1. The number of methoxy groups -OCH3 is 1. The van der Waals surface area contributed by atoms with Crippen molar-refractivity contribution in [2.45, 2.75) is 0 Å². The van der Waals surface area contributed by atoms with Crippen LogP contribution in [0, 0.1) is 5.82 Å². The van der Waals surface area contributed by atoms with Crippen LogP contribution in [0.2, 0.25) is 0 Å². The maximum absolute atomic E-state index is 12.7. The number of esters is 2. The fraction of sp³-hybridized carbons (Fsp3) is 0.0909. The molecule has 4 nitrogen and oxygen atoms in total. The Morgan fingerprint density at radius 1 is 1.12 bits per heavy atom. The number of rotatable bonds is 2. The van der Waals surface area contributed by atoms with Gasteiger partial charge in [-0.05, 0) is 17.7 Å². The van der Waals surface area contributed by atoms with Crippen molar-refractivity contribution in [1.82, 2.24) is 0 Å². The van der Waals surface area contributed by atoms with Crippen LogP contribution in [0.15, 0.2) is 30.0 Å². The molecule has 2 rings (SSSR count). The molecule has 16 heavy (non-hydrogen) atoms. The first-order chi connectivity index (χ1) is 7.63. The highest BCUT2D eigenvalue weighted by Gasteiger charge is 2.35. The SMILES string of the molecule is COC1=C(c2ccc(F)cc2)C(=O)OC1=O. The van der Waals surface area contributed by atoms with Gasteiger partial charge >= 0.3 is 11.9 Å². The van der Waals surface area contributed by atoms with Crippen molar-refractivity contribution in [2.75, 3.05) is 7.11 Å². The summed E-state index contributed by atoms with van der Waals surface area (Å²) in [6.45, 7) is 0. The van der Waals surface area contributed by atoms with Crippen molar-refractivity contribution in [3.05, 3.63) is 41.4 Å². The van der Waals surface area contributed by atoms with Crippen LogP contribution < -0.4 is 0 Å². The Labute approximate surface area is 90.3 Å². The number of carbonyl (C=O) groups is 2. The average Bonchev–Trinajstić information content (AvgIpc) is 2.54. The van der Waals surface area contributed by atoms with Crippen LogP contribution in [0.5, 0.6) is 0 Å². The fourth-order valence-corrected chi connectivity index (χ4v) is 1.43. The monoisotopic (exact) mass is 222 g/mol. The normalized spacial score (nSPS) is 15.4. The number of carbonyl (C=O) groups excluding carboxylic acids is 2. The van der Waals surface area contributed by atoms with Crippen LogP contribution in [-0.4, -0.2) is 19.0 Å². The number of benzene rings is 1. The first-order valence-corrected chi connectivity index (χ1v) is 4.44. The molecule has 1 heterocycles. The van der Waals surface area contributed by atoms with Gasteiger partial charge in [0.15, 0.2) is 0 Å². The number of hydrogen-bond donors (Lipinski definition) is 0. The molecule has 0 N–H and O–H groups in total. The van der Waals surface area contributed by atoms with Gasteiger partial charge in [0, 0.05) is 0 Å². The van der Waals surface area contributed by atoms with E-state index in [0.717, 1.165) is 0 Å². The summed E-state index contributed by atoms with van der Waals surface area (Å²) in [5, 5.41) is 0. The zero-order valence-electron chi connectivity index (χ0n) is 8.32. The number of cyclic esters (lactones) is 2. The second-order valence-corrected chi connectivity index (χ2v) is 3.09. The lowest BCUT2D eigenvalue weighted by molar-refractivity contribution is -0.151. The third-order valence-corrected chi connectivity index (χ3v) is 2.14. The Kier molecular flexibility index (Phi) is 2.44. The summed E-state index contributed by atoms with van der Waals surface area (Å²) >= 11 is 0. The summed E-state index contributed by atoms with van der Waals surface area (Å²) in [5.41, 5.74) is 0.404. The molecular formula is C11H7FO4. The van der Waals surface area contributed by atoms with Gasteiger partial charge in [0.25, 0.3) is 0 Å². The fourth-order valence-electron chi connectivity index (χ4n) is 1.43. The Hall–Kier alpha value is -2.17. The molecule has 0 unspecified atom stereocenters. The Bertz CT molecular complexity index is 487. The molecule has 0 atom stereocenters. The quantitative estimate of drug-likeness (QED) is 0.558. The zero-order chi connectivity index (χ0) is 11.7. The van der Waals surface area contributed by atoms with Gasteiger partial charge < -0.3 is 9.47 Å². The van der Waals surface area contributed by atoms with E-state index in [2.05, 4.69) is 4.74 Å².